The van der Waals surface area contributed by atoms with Crippen LogP contribution in [-0.4, -0.2) is 58.9 Å². The maximum absolute atomic E-state index is 13.8. The molecular weight excluding hydrogens is 426 g/mol. The van der Waals surface area contributed by atoms with E-state index in [-0.39, 0.29) is 5.91 Å². The lowest BCUT2D eigenvalue weighted by atomic mass is 10.1. The van der Waals surface area contributed by atoms with Gasteiger partial charge in [0.2, 0.25) is 0 Å². The van der Waals surface area contributed by atoms with Gasteiger partial charge in [-0.1, -0.05) is 30.3 Å². The molecule has 0 saturated carbocycles. The number of aromatic nitrogens is 3. The highest BCUT2D eigenvalue weighted by Gasteiger charge is 2.24. The van der Waals surface area contributed by atoms with Crippen molar-refractivity contribution in [2.75, 3.05) is 38.2 Å². The smallest absolute Gasteiger partial charge is 0.254 e. The summed E-state index contributed by atoms with van der Waals surface area (Å²) in [5, 5.41) is 5.29. The zero-order valence-corrected chi connectivity index (χ0v) is 19.6. The largest absolute Gasteiger partial charge is 0.497 e. The van der Waals surface area contributed by atoms with Crippen molar-refractivity contribution >= 4 is 22.6 Å². The van der Waals surface area contributed by atoms with E-state index in [1.165, 1.54) is 0 Å². The second kappa shape index (κ2) is 9.55. The average molecular weight is 456 g/mol. The lowest BCUT2D eigenvalue weighted by Crippen LogP contribution is -2.35. The van der Waals surface area contributed by atoms with Gasteiger partial charge >= 0.3 is 0 Å². The number of nitrogens with zero attached hydrogens (tertiary/aromatic N) is 5. The predicted octanol–water partition coefficient (Wildman–Crippen LogP) is 4.48. The Morgan fingerprint density at radius 2 is 1.79 bits per heavy atom. The average Bonchev–Trinajstić information content (AvgIpc) is 3.16. The molecule has 0 spiro atoms. The molecule has 0 aliphatic carbocycles. The molecule has 7 nitrogen and oxygen atoms in total. The van der Waals surface area contributed by atoms with E-state index < -0.39 is 0 Å². The first-order valence-corrected chi connectivity index (χ1v) is 11.8. The van der Waals surface area contributed by atoms with E-state index >= 15 is 0 Å². The summed E-state index contributed by atoms with van der Waals surface area (Å²) in [6, 6.07) is 20.0. The Bertz CT molecular complexity index is 1280. The number of carbonyl (C=O) groups is 1. The van der Waals surface area contributed by atoms with Crippen LogP contribution >= 0.6 is 0 Å². The Balaban J connectivity index is 1.44. The minimum Gasteiger partial charge on any atom is -0.497 e. The standard InChI is InChI=1S/C27H29N5O2/c1-3-32-26-24(19-28-32)23(18-25(29-26)20-8-5-4-6-9-20)27(33)31-15-7-14-30(16-17-31)21-10-12-22(34-2)13-11-21/h4-6,8-13,18-19H,3,7,14-17H2,1-2H3. The molecule has 1 aliphatic rings. The van der Waals surface area contributed by atoms with E-state index in [0.29, 0.717) is 18.7 Å². The van der Waals surface area contributed by atoms with Gasteiger partial charge in [0.05, 0.1) is 30.0 Å². The van der Waals surface area contributed by atoms with E-state index in [2.05, 4.69) is 22.1 Å². The van der Waals surface area contributed by atoms with Crippen LogP contribution in [0.4, 0.5) is 5.69 Å². The quantitative estimate of drug-likeness (QED) is 0.444. The van der Waals surface area contributed by atoms with Crippen molar-refractivity contribution < 1.29 is 9.53 Å². The van der Waals surface area contributed by atoms with Crippen LogP contribution in [0.15, 0.2) is 66.9 Å². The second-order valence-corrected chi connectivity index (χ2v) is 8.45. The normalized spacial score (nSPS) is 14.3. The summed E-state index contributed by atoms with van der Waals surface area (Å²) in [6.07, 6.45) is 2.68. The van der Waals surface area contributed by atoms with Gasteiger partial charge in [-0.15, -0.1) is 0 Å². The first kappa shape index (κ1) is 21.9. The maximum Gasteiger partial charge on any atom is 0.254 e. The van der Waals surface area contributed by atoms with Gasteiger partial charge in [-0.05, 0) is 43.7 Å². The molecule has 0 bridgehead atoms. The van der Waals surface area contributed by atoms with Gasteiger partial charge in [0.1, 0.15) is 5.75 Å². The molecule has 0 N–H and O–H groups in total. The summed E-state index contributed by atoms with van der Waals surface area (Å²) in [5.74, 6) is 0.885. The second-order valence-electron chi connectivity index (χ2n) is 8.45. The minimum atomic E-state index is 0.0387. The number of aryl methyl sites for hydroxylation is 1. The van der Waals surface area contributed by atoms with Crippen LogP contribution in [0.5, 0.6) is 5.75 Å². The molecule has 0 unspecified atom stereocenters. The number of ether oxygens (including phenoxy) is 1. The number of fused-ring (bicyclic) bond motifs is 1. The fraction of sp³-hybridized carbons (Fsp3) is 0.296. The van der Waals surface area contributed by atoms with Crippen LogP contribution in [0.1, 0.15) is 23.7 Å². The number of carbonyl (C=O) groups excluding carboxylic acids is 1. The lowest BCUT2D eigenvalue weighted by Gasteiger charge is -2.24. The van der Waals surface area contributed by atoms with E-state index in [4.69, 9.17) is 9.72 Å². The molecule has 3 heterocycles. The summed E-state index contributed by atoms with van der Waals surface area (Å²) in [7, 11) is 1.67. The van der Waals surface area contributed by atoms with Gasteiger partial charge in [-0.2, -0.15) is 5.10 Å². The zero-order valence-electron chi connectivity index (χ0n) is 19.6. The molecule has 0 atom stereocenters. The number of rotatable bonds is 5. The molecular formula is C27H29N5O2. The molecule has 7 heteroatoms. The monoisotopic (exact) mass is 455 g/mol. The molecule has 5 rings (SSSR count). The Morgan fingerprint density at radius 3 is 2.53 bits per heavy atom. The Labute approximate surface area is 199 Å². The topological polar surface area (TPSA) is 63.5 Å². The Hall–Kier alpha value is -3.87. The van der Waals surface area contributed by atoms with Crippen molar-refractivity contribution in [1.29, 1.82) is 0 Å². The van der Waals surface area contributed by atoms with Crippen LogP contribution in [-0.2, 0) is 6.54 Å². The fourth-order valence-electron chi connectivity index (χ4n) is 4.55. The van der Waals surface area contributed by atoms with Crippen LogP contribution in [0.25, 0.3) is 22.3 Å². The van der Waals surface area contributed by atoms with Crippen LogP contribution < -0.4 is 9.64 Å². The number of hydrogen-bond acceptors (Lipinski definition) is 5. The number of methoxy groups -OCH3 is 1. The van der Waals surface area contributed by atoms with Gasteiger partial charge in [0.15, 0.2) is 5.65 Å². The number of anilines is 1. The molecule has 2 aromatic carbocycles. The third-order valence-corrected chi connectivity index (χ3v) is 6.43. The summed E-state index contributed by atoms with van der Waals surface area (Å²) in [4.78, 5) is 23.0. The lowest BCUT2D eigenvalue weighted by molar-refractivity contribution is 0.0769. The van der Waals surface area contributed by atoms with Gasteiger partial charge in [-0.25, -0.2) is 9.67 Å². The summed E-state index contributed by atoms with van der Waals surface area (Å²) in [6.45, 7) is 5.81. The van der Waals surface area contributed by atoms with Gasteiger partial charge in [0, 0.05) is 44.0 Å². The fourth-order valence-corrected chi connectivity index (χ4v) is 4.55. The number of benzene rings is 2. The maximum atomic E-state index is 13.8. The van der Waals surface area contributed by atoms with Crippen LogP contribution in [0.3, 0.4) is 0 Å². The van der Waals surface area contributed by atoms with Crippen molar-refractivity contribution in [3.8, 4) is 17.0 Å². The number of pyridine rings is 1. The van der Waals surface area contributed by atoms with Crippen molar-refractivity contribution in [2.24, 2.45) is 0 Å². The SMILES string of the molecule is CCn1ncc2c(C(=O)N3CCCN(c4ccc(OC)cc4)CC3)cc(-c3ccccc3)nc21. The molecule has 1 saturated heterocycles. The molecule has 2 aromatic heterocycles. The van der Waals surface area contributed by atoms with Gasteiger partial charge < -0.3 is 14.5 Å². The van der Waals surface area contributed by atoms with Crippen molar-refractivity contribution in [1.82, 2.24) is 19.7 Å². The van der Waals surface area contributed by atoms with Crippen LogP contribution in [0, 0.1) is 0 Å². The molecule has 4 aromatic rings. The molecule has 1 amide bonds. The number of amides is 1. The van der Waals surface area contributed by atoms with Gasteiger partial charge in [0.25, 0.3) is 5.91 Å². The molecule has 0 radical (unpaired) electrons. The molecule has 1 aliphatic heterocycles. The van der Waals surface area contributed by atoms with E-state index in [9.17, 15) is 4.79 Å². The summed E-state index contributed by atoms with van der Waals surface area (Å²) < 4.78 is 7.14. The van der Waals surface area contributed by atoms with Crippen molar-refractivity contribution in [3.05, 3.63) is 72.4 Å². The zero-order chi connectivity index (χ0) is 23.5. The Kier molecular flexibility index (Phi) is 6.16. The minimum absolute atomic E-state index is 0.0387. The third kappa shape index (κ3) is 4.21. The van der Waals surface area contributed by atoms with Crippen molar-refractivity contribution in [2.45, 2.75) is 19.9 Å². The van der Waals surface area contributed by atoms with E-state index in [1.54, 1.807) is 13.3 Å². The van der Waals surface area contributed by atoms with E-state index in [0.717, 1.165) is 59.8 Å². The van der Waals surface area contributed by atoms with Crippen LogP contribution in [0.2, 0.25) is 0 Å². The molecule has 174 valence electrons. The van der Waals surface area contributed by atoms with E-state index in [1.807, 2.05) is 65.0 Å². The third-order valence-electron chi connectivity index (χ3n) is 6.43. The summed E-state index contributed by atoms with van der Waals surface area (Å²) >= 11 is 0. The van der Waals surface area contributed by atoms with Gasteiger partial charge in [-0.3, -0.25) is 4.79 Å². The highest BCUT2D eigenvalue weighted by molar-refractivity contribution is 6.06. The predicted molar refractivity (Wildman–Crippen MR) is 134 cm³/mol. The summed E-state index contributed by atoms with van der Waals surface area (Å²) in [5.41, 5.74) is 4.35. The van der Waals surface area contributed by atoms with Crippen molar-refractivity contribution in [3.63, 3.8) is 0 Å². The highest BCUT2D eigenvalue weighted by Crippen LogP contribution is 2.27. The number of hydrogen-bond donors (Lipinski definition) is 0. The molecule has 1 fully saturated rings. The first-order chi connectivity index (χ1) is 16.7. The molecule has 34 heavy (non-hydrogen) atoms. The highest BCUT2D eigenvalue weighted by atomic mass is 16.5. The first-order valence-electron chi connectivity index (χ1n) is 11.8. The Morgan fingerprint density at radius 1 is 1.00 bits per heavy atom.